The molecule has 1 amide bonds. The van der Waals surface area contributed by atoms with E-state index in [-0.39, 0.29) is 41.6 Å². The van der Waals surface area contributed by atoms with Gasteiger partial charge in [-0.25, -0.2) is 12.8 Å². The summed E-state index contributed by atoms with van der Waals surface area (Å²) in [4.78, 5) is 13.2. The van der Waals surface area contributed by atoms with E-state index < -0.39 is 15.7 Å². The van der Waals surface area contributed by atoms with Gasteiger partial charge in [-0.2, -0.15) is 0 Å². The van der Waals surface area contributed by atoms with Gasteiger partial charge in [0.05, 0.1) is 23.6 Å². The van der Waals surface area contributed by atoms with Crippen LogP contribution in [0, 0.1) is 5.82 Å². The Hall–Kier alpha value is -2.06. The van der Waals surface area contributed by atoms with Crippen molar-refractivity contribution < 1.29 is 22.3 Å². The van der Waals surface area contributed by atoms with Gasteiger partial charge in [0, 0.05) is 10.1 Å². The lowest BCUT2D eigenvalue weighted by molar-refractivity contribution is 0.0944. The summed E-state index contributed by atoms with van der Waals surface area (Å²) in [6, 6.07) is 13.2. The number of ether oxygens (including phenoxy) is 1. The van der Waals surface area contributed by atoms with Crippen LogP contribution in [0.25, 0.3) is 0 Å². The number of hydrogen-bond donors (Lipinski definition) is 1. The molecule has 1 fully saturated rings. The predicted molar refractivity (Wildman–Crippen MR) is 104 cm³/mol. The summed E-state index contributed by atoms with van der Waals surface area (Å²) < 4.78 is 42.1. The van der Waals surface area contributed by atoms with Gasteiger partial charge in [0.2, 0.25) is 0 Å². The minimum Gasteiger partial charge on any atom is -0.489 e. The van der Waals surface area contributed by atoms with Crippen molar-refractivity contribution in [2.24, 2.45) is 0 Å². The Kier molecular flexibility index (Phi) is 6.38. The molecular weight excluding hydrogens is 389 g/mol. The number of amides is 1. The fourth-order valence-corrected chi connectivity index (χ4v) is 6.40. The summed E-state index contributed by atoms with van der Waals surface area (Å²) in [5.41, 5.74) is 0.498. The molecule has 1 aliphatic rings. The van der Waals surface area contributed by atoms with Crippen LogP contribution in [0.1, 0.15) is 16.8 Å². The van der Waals surface area contributed by atoms with E-state index in [4.69, 9.17) is 4.74 Å². The normalized spacial score (nSPS) is 18.2. The van der Waals surface area contributed by atoms with Gasteiger partial charge >= 0.3 is 0 Å². The Morgan fingerprint density at radius 1 is 1.19 bits per heavy atom. The summed E-state index contributed by atoms with van der Waals surface area (Å²) in [6.45, 7) is 0.368. The Bertz CT molecular complexity index is 917. The first kappa shape index (κ1) is 19.7. The molecule has 1 N–H and O–H groups in total. The van der Waals surface area contributed by atoms with E-state index in [1.165, 1.54) is 23.9 Å². The van der Waals surface area contributed by atoms with Gasteiger partial charge in [0.1, 0.15) is 6.61 Å². The molecule has 27 heavy (non-hydrogen) atoms. The topological polar surface area (TPSA) is 72.5 Å². The summed E-state index contributed by atoms with van der Waals surface area (Å²) in [5, 5.41) is 2.72. The molecule has 0 aromatic heterocycles. The molecule has 1 heterocycles. The molecule has 8 heteroatoms. The van der Waals surface area contributed by atoms with Gasteiger partial charge in [-0.15, -0.1) is 11.8 Å². The van der Waals surface area contributed by atoms with E-state index >= 15 is 0 Å². The predicted octanol–water partition coefficient (Wildman–Crippen LogP) is 2.91. The van der Waals surface area contributed by atoms with E-state index in [9.17, 15) is 17.6 Å². The second kappa shape index (κ2) is 8.75. The third-order valence-corrected chi connectivity index (χ3v) is 7.42. The van der Waals surface area contributed by atoms with Crippen LogP contribution in [0.5, 0.6) is 5.75 Å². The maximum Gasteiger partial charge on any atom is 0.252 e. The first-order valence-electron chi connectivity index (χ1n) is 8.56. The van der Waals surface area contributed by atoms with E-state index in [2.05, 4.69) is 5.32 Å². The lowest BCUT2D eigenvalue weighted by Gasteiger charge is -2.13. The quantitative estimate of drug-likeness (QED) is 0.712. The molecule has 1 atom stereocenters. The third kappa shape index (κ3) is 5.46. The van der Waals surface area contributed by atoms with Crippen molar-refractivity contribution in [3.63, 3.8) is 0 Å². The highest BCUT2D eigenvalue weighted by atomic mass is 32.2. The van der Waals surface area contributed by atoms with Crippen LogP contribution in [0.3, 0.4) is 0 Å². The van der Waals surface area contributed by atoms with Gasteiger partial charge in [-0.1, -0.05) is 24.3 Å². The zero-order valence-corrected chi connectivity index (χ0v) is 16.2. The van der Waals surface area contributed by atoms with Crippen molar-refractivity contribution in [2.45, 2.75) is 16.6 Å². The van der Waals surface area contributed by atoms with Gasteiger partial charge in [0.15, 0.2) is 21.4 Å². The lowest BCUT2D eigenvalue weighted by Crippen LogP contribution is -2.28. The molecule has 2 aromatic carbocycles. The Morgan fingerprint density at radius 2 is 1.93 bits per heavy atom. The van der Waals surface area contributed by atoms with Crippen molar-refractivity contribution in [3.8, 4) is 5.75 Å². The largest absolute Gasteiger partial charge is 0.489 e. The first-order valence-corrected chi connectivity index (χ1v) is 11.3. The number of thioether (sulfide) groups is 1. The standard InChI is InChI=1S/C19H20FNO4S2/c20-16-6-2-3-7-17(16)25-11-10-21-19(22)15-5-1-4-8-18(15)26-14-9-12-27(23,24)13-14/h1-8,14H,9-13H2,(H,21,22)/t14-/m0/s1. The number of para-hydroxylation sites is 1. The SMILES string of the molecule is O=C(NCCOc1ccccc1F)c1ccccc1S[C@H]1CCS(=O)(=O)C1. The van der Waals surface area contributed by atoms with E-state index in [0.29, 0.717) is 12.0 Å². The van der Waals surface area contributed by atoms with Gasteiger partial charge in [-0.05, 0) is 30.7 Å². The summed E-state index contributed by atoms with van der Waals surface area (Å²) in [6.07, 6.45) is 0.597. The molecular formula is C19H20FNO4S2. The molecule has 1 saturated heterocycles. The number of sulfone groups is 1. The van der Waals surface area contributed by atoms with Crippen molar-refractivity contribution in [1.29, 1.82) is 0 Å². The number of carbonyl (C=O) groups excluding carboxylic acids is 1. The van der Waals surface area contributed by atoms with Gasteiger partial charge < -0.3 is 10.1 Å². The Morgan fingerprint density at radius 3 is 2.67 bits per heavy atom. The van der Waals surface area contributed by atoms with Crippen LogP contribution in [-0.2, 0) is 9.84 Å². The van der Waals surface area contributed by atoms with Crippen molar-refractivity contribution in [3.05, 3.63) is 59.9 Å². The molecule has 1 aliphatic heterocycles. The Balaban J connectivity index is 1.55. The van der Waals surface area contributed by atoms with Crippen molar-refractivity contribution >= 4 is 27.5 Å². The lowest BCUT2D eigenvalue weighted by atomic mass is 10.2. The van der Waals surface area contributed by atoms with Gasteiger partial charge in [-0.3, -0.25) is 4.79 Å². The van der Waals surface area contributed by atoms with Crippen LogP contribution in [0.15, 0.2) is 53.4 Å². The molecule has 0 unspecified atom stereocenters. The highest BCUT2D eigenvalue weighted by Gasteiger charge is 2.29. The molecule has 3 rings (SSSR count). The maximum absolute atomic E-state index is 13.5. The Labute approximate surface area is 162 Å². The summed E-state index contributed by atoms with van der Waals surface area (Å²) in [7, 11) is -2.96. The number of hydrogen-bond acceptors (Lipinski definition) is 5. The van der Waals surface area contributed by atoms with Crippen molar-refractivity contribution in [2.75, 3.05) is 24.7 Å². The van der Waals surface area contributed by atoms with Gasteiger partial charge in [0.25, 0.3) is 5.91 Å². The molecule has 0 spiro atoms. The number of rotatable bonds is 7. The zero-order chi connectivity index (χ0) is 19.3. The molecule has 0 aliphatic carbocycles. The molecule has 2 aromatic rings. The fourth-order valence-electron chi connectivity index (χ4n) is 2.77. The van der Waals surface area contributed by atoms with Crippen LogP contribution < -0.4 is 10.1 Å². The van der Waals surface area contributed by atoms with E-state index in [1.807, 2.05) is 12.1 Å². The minimum absolute atomic E-state index is 0.0339. The number of benzene rings is 2. The molecule has 144 valence electrons. The number of carbonyl (C=O) groups is 1. The van der Waals surface area contributed by atoms with Crippen LogP contribution in [0.4, 0.5) is 4.39 Å². The highest BCUT2D eigenvalue weighted by molar-refractivity contribution is 8.02. The zero-order valence-electron chi connectivity index (χ0n) is 14.6. The third-order valence-electron chi connectivity index (χ3n) is 4.10. The van der Waals surface area contributed by atoms with E-state index in [1.54, 1.807) is 24.3 Å². The second-order valence-electron chi connectivity index (χ2n) is 6.17. The number of halogens is 1. The molecule has 0 radical (unpaired) electrons. The van der Waals surface area contributed by atoms with Crippen LogP contribution >= 0.6 is 11.8 Å². The first-order chi connectivity index (χ1) is 12.9. The summed E-state index contributed by atoms with van der Waals surface area (Å²) >= 11 is 1.43. The monoisotopic (exact) mass is 409 g/mol. The average molecular weight is 410 g/mol. The van der Waals surface area contributed by atoms with Crippen LogP contribution in [-0.4, -0.2) is 44.2 Å². The van der Waals surface area contributed by atoms with Crippen molar-refractivity contribution in [1.82, 2.24) is 5.32 Å². The number of nitrogens with one attached hydrogen (secondary N) is 1. The summed E-state index contributed by atoms with van der Waals surface area (Å²) in [5.74, 6) is -0.227. The van der Waals surface area contributed by atoms with Crippen LogP contribution in [0.2, 0.25) is 0 Å². The fraction of sp³-hybridized carbons (Fsp3) is 0.316. The van der Waals surface area contributed by atoms with E-state index in [0.717, 1.165) is 4.90 Å². The smallest absolute Gasteiger partial charge is 0.252 e. The molecule has 5 nitrogen and oxygen atoms in total. The second-order valence-corrected chi connectivity index (χ2v) is 9.74. The molecule has 0 saturated carbocycles. The average Bonchev–Trinajstić information content (AvgIpc) is 2.99. The highest BCUT2D eigenvalue weighted by Crippen LogP contribution is 2.33. The minimum atomic E-state index is -2.96. The molecule has 0 bridgehead atoms. The maximum atomic E-state index is 13.5.